The molecule has 5 heteroatoms. The van der Waals surface area contributed by atoms with Crippen LogP contribution in [0.5, 0.6) is 5.88 Å². The van der Waals surface area contributed by atoms with Crippen molar-refractivity contribution in [2.75, 3.05) is 25.1 Å². The molecule has 1 aromatic heterocycles. The maximum Gasteiger partial charge on any atom is 0.221 e. The van der Waals surface area contributed by atoms with Crippen LogP contribution in [0.1, 0.15) is 24.8 Å². The molecule has 3 atom stereocenters. The second-order valence-electron chi connectivity index (χ2n) is 5.83. The summed E-state index contributed by atoms with van der Waals surface area (Å²) in [5, 5.41) is 0. The van der Waals surface area contributed by atoms with Crippen LogP contribution in [0.15, 0.2) is 6.33 Å². The Kier molecular flexibility index (Phi) is 3.31. The van der Waals surface area contributed by atoms with Crippen molar-refractivity contribution in [1.82, 2.24) is 9.97 Å². The molecule has 19 heavy (non-hydrogen) atoms. The molecule has 0 spiro atoms. The maximum absolute atomic E-state index is 6.09. The van der Waals surface area contributed by atoms with E-state index >= 15 is 0 Å². The molecule has 2 fully saturated rings. The van der Waals surface area contributed by atoms with Crippen LogP contribution >= 0.6 is 0 Å². The second-order valence-corrected chi connectivity index (χ2v) is 5.83. The number of fused-ring (bicyclic) bond motifs is 1. The Hall–Kier alpha value is -1.36. The summed E-state index contributed by atoms with van der Waals surface area (Å²) in [4.78, 5) is 11.0. The van der Waals surface area contributed by atoms with Gasteiger partial charge < -0.3 is 15.4 Å². The van der Waals surface area contributed by atoms with Gasteiger partial charge in [0.15, 0.2) is 0 Å². The van der Waals surface area contributed by atoms with Crippen molar-refractivity contribution in [3.05, 3.63) is 11.9 Å². The van der Waals surface area contributed by atoms with Gasteiger partial charge in [0.05, 0.1) is 12.7 Å². The van der Waals surface area contributed by atoms with Gasteiger partial charge in [0, 0.05) is 19.1 Å². The monoisotopic (exact) mass is 262 g/mol. The van der Waals surface area contributed by atoms with E-state index in [0.29, 0.717) is 11.9 Å². The van der Waals surface area contributed by atoms with Crippen LogP contribution in [0.25, 0.3) is 0 Å². The van der Waals surface area contributed by atoms with E-state index in [9.17, 15) is 0 Å². The van der Waals surface area contributed by atoms with Gasteiger partial charge in [-0.25, -0.2) is 9.97 Å². The molecule has 1 saturated carbocycles. The van der Waals surface area contributed by atoms with Gasteiger partial charge in [0.1, 0.15) is 12.1 Å². The predicted molar refractivity (Wildman–Crippen MR) is 74.3 cm³/mol. The topological polar surface area (TPSA) is 64.3 Å². The Morgan fingerprint density at radius 1 is 1.26 bits per heavy atom. The van der Waals surface area contributed by atoms with Crippen LogP contribution in [0, 0.1) is 18.8 Å². The lowest BCUT2D eigenvalue weighted by Crippen LogP contribution is -2.32. The maximum atomic E-state index is 6.09. The van der Waals surface area contributed by atoms with Crippen molar-refractivity contribution >= 4 is 5.82 Å². The summed E-state index contributed by atoms with van der Waals surface area (Å²) in [6.07, 6.45) is 5.17. The van der Waals surface area contributed by atoms with E-state index < -0.39 is 0 Å². The molecular formula is C14H22N4O. The summed E-state index contributed by atoms with van der Waals surface area (Å²) >= 11 is 0. The molecule has 0 amide bonds. The number of nitrogens with zero attached hydrogens (tertiary/aromatic N) is 3. The molecule has 1 saturated heterocycles. The van der Waals surface area contributed by atoms with Crippen molar-refractivity contribution in [2.24, 2.45) is 17.6 Å². The number of aromatic nitrogens is 2. The molecule has 0 aromatic carbocycles. The quantitative estimate of drug-likeness (QED) is 0.871. The summed E-state index contributed by atoms with van der Waals surface area (Å²) in [7, 11) is 1.65. The van der Waals surface area contributed by atoms with Gasteiger partial charge in [-0.15, -0.1) is 0 Å². The number of hydrogen-bond donors (Lipinski definition) is 1. The van der Waals surface area contributed by atoms with E-state index in [1.165, 1.54) is 12.8 Å². The first-order chi connectivity index (χ1) is 9.19. The zero-order valence-electron chi connectivity index (χ0n) is 11.7. The first-order valence-electron chi connectivity index (χ1n) is 7.05. The lowest BCUT2D eigenvalue weighted by Gasteiger charge is -2.27. The highest BCUT2D eigenvalue weighted by Gasteiger charge is 2.37. The van der Waals surface area contributed by atoms with E-state index in [0.717, 1.165) is 42.7 Å². The Balaban J connectivity index is 1.81. The largest absolute Gasteiger partial charge is 0.481 e. The third-order valence-electron chi connectivity index (χ3n) is 4.59. The smallest absolute Gasteiger partial charge is 0.221 e. The number of rotatable bonds is 2. The van der Waals surface area contributed by atoms with Crippen molar-refractivity contribution in [3.63, 3.8) is 0 Å². The molecule has 1 aromatic rings. The van der Waals surface area contributed by atoms with Crippen molar-refractivity contribution in [3.8, 4) is 5.88 Å². The van der Waals surface area contributed by atoms with Gasteiger partial charge in [-0.05, 0) is 38.0 Å². The van der Waals surface area contributed by atoms with Crippen molar-refractivity contribution < 1.29 is 4.74 Å². The van der Waals surface area contributed by atoms with Crippen LogP contribution in [0.2, 0.25) is 0 Å². The summed E-state index contributed by atoms with van der Waals surface area (Å²) < 4.78 is 5.28. The number of ether oxygens (including phenoxy) is 1. The molecule has 1 aliphatic heterocycles. The molecule has 104 valence electrons. The molecule has 5 nitrogen and oxygen atoms in total. The highest BCUT2D eigenvalue weighted by atomic mass is 16.5. The van der Waals surface area contributed by atoms with Gasteiger partial charge in [-0.2, -0.15) is 0 Å². The predicted octanol–water partition coefficient (Wildman–Crippen LogP) is 1.36. The second kappa shape index (κ2) is 4.96. The van der Waals surface area contributed by atoms with E-state index in [1.807, 2.05) is 6.92 Å². The highest BCUT2D eigenvalue weighted by molar-refractivity contribution is 5.51. The van der Waals surface area contributed by atoms with E-state index in [-0.39, 0.29) is 0 Å². The Morgan fingerprint density at radius 3 is 2.84 bits per heavy atom. The fourth-order valence-corrected chi connectivity index (χ4v) is 3.59. The summed E-state index contributed by atoms with van der Waals surface area (Å²) in [5.41, 5.74) is 7.12. The summed E-state index contributed by atoms with van der Waals surface area (Å²) in [5.74, 6) is 3.20. The summed E-state index contributed by atoms with van der Waals surface area (Å²) in [6, 6.07) is 0.391. The normalized spacial score (nSPS) is 30.3. The third-order valence-corrected chi connectivity index (χ3v) is 4.59. The molecule has 3 rings (SSSR count). The highest BCUT2D eigenvalue weighted by Crippen LogP contribution is 2.38. The molecule has 1 aliphatic carbocycles. The minimum absolute atomic E-state index is 0.391. The SMILES string of the molecule is COc1ncnc(N2C[C@H]3CCC(N)C[C@H]3C2)c1C. The fraction of sp³-hybridized carbons (Fsp3) is 0.714. The average Bonchev–Trinajstić information content (AvgIpc) is 2.81. The number of methoxy groups -OCH3 is 1. The first kappa shape index (κ1) is 12.7. The average molecular weight is 262 g/mol. The van der Waals surface area contributed by atoms with Crippen molar-refractivity contribution in [1.29, 1.82) is 0 Å². The molecule has 0 bridgehead atoms. The molecule has 1 unspecified atom stereocenters. The number of nitrogens with two attached hydrogens (primary N) is 1. The van der Waals surface area contributed by atoms with Gasteiger partial charge in [0.25, 0.3) is 0 Å². The standard InChI is InChI=1S/C14H22N4O/c1-9-13(16-8-17-14(9)19-2)18-6-10-3-4-12(15)5-11(10)7-18/h8,10-12H,3-7,15H2,1-2H3/t10-,11+,12?/m1/s1. The lowest BCUT2D eigenvalue weighted by molar-refractivity contribution is 0.271. The van der Waals surface area contributed by atoms with Gasteiger partial charge in [0.2, 0.25) is 5.88 Å². The van der Waals surface area contributed by atoms with Crippen LogP contribution < -0.4 is 15.4 Å². The van der Waals surface area contributed by atoms with Gasteiger partial charge >= 0.3 is 0 Å². The van der Waals surface area contributed by atoms with Gasteiger partial charge in [-0.3, -0.25) is 0 Å². The molecule has 2 N–H and O–H groups in total. The van der Waals surface area contributed by atoms with Crippen LogP contribution in [-0.2, 0) is 0 Å². The minimum Gasteiger partial charge on any atom is -0.481 e. The van der Waals surface area contributed by atoms with Gasteiger partial charge in [-0.1, -0.05) is 0 Å². The van der Waals surface area contributed by atoms with Crippen LogP contribution in [-0.4, -0.2) is 36.2 Å². The molecule has 0 radical (unpaired) electrons. The van der Waals surface area contributed by atoms with E-state index in [1.54, 1.807) is 13.4 Å². The van der Waals surface area contributed by atoms with Crippen LogP contribution in [0.3, 0.4) is 0 Å². The first-order valence-corrected chi connectivity index (χ1v) is 7.05. The van der Waals surface area contributed by atoms with E-state index in [4.69, 9.17) is 10.5 Å². The lowest BCUT2D eigenvalue weighted by atomic mass is 9.79. The fourth-order valence-electron chi connectivity index (χ4n) is 3.59. The zero-order chi connectivity index (χ0) is 13.4. The molecule has 2 heterocycles. The Morgan fingerprint density at radius 2 is 2.05 bits per heavy atom. The Bertz CT molecular complexity index is 465. The van der Waals surface area contributed by atoms with E-state index in [2.05, 4.69) is 14.9 Å². The third kappa shape index (κ3) is 2.27. The molecular weight excluding hydrogens is 240 g/mol. The minimum atomic E-state index is 0.391. The number of hydrogen-bond acceptors (Lipinski definition) is 5. The zero-order valence-corrected chi connectivity index (χ0v) is 11.7. The van der Waals surface area contributed by atoms with Crippen LogP contribution in [0.4, 0.5) is 5.82 Å². The number of anilines is 1. The molecule has 2 aliphatic rings. The van der Waals surface area contributed by atoms with Crippen molar-refractivity contribution in [2.45, 2.75) is 32.2 Å². The summed E-state index contributed by atoms with van der Waals surface area (Å²) in [6.45, 7) is 4.19. The Labute approximate surface area is 114 Å².